The fourth-order valence-electron chi connectivity index (χ4n) is 2.65. The fourth-order valence-corrected chi connectivity index (χ4v) is 4.45. The molecule has 2 unspecified atom stereocenters. The molecule has 2 N–H and O–H groups in total. The first-order valence-electron chi connectivity index (χ1n) is 6.95. The number of hydrogen-bond acceptors (Lipinski definition) is 6. The molecule has 2 atom stereocenters. The van der Waals surface area contributed by atoms with E-state index in [9.17, 15) is 13.2 Å². The Balaban J connectivity index is 1.84. The summed E-state index contributed by atoms with van der Waals surface area (Å²) in [6.07, 6.45) is 4.44. The van der Waals surface area contributed by atoms with Gasteiger partial charge in [0.05, 0.1) is 18.3 Å². The van der Waals surface area contributed by atoms with Gasteiger partial charge in [-0.2, -0.15) is 5.10 Å². The highest BCUT2D eigenvalue weighted by Crippen LogP contribution is 2.31. The van der Waals surface area contributed by atoms with Crippen LogP contribution in [0.3, 0.4) is 0 Å². The Labute approximate surface area is 123 Å². The SMILES string of the molecule is COC(=O)C1CCCC1S(=O)(=O)NCCCc1ncn[nH]1. The first-order chi connectivity index (χ1) is 10.0. The summed E-state index contributed by atoms with van der Waals surface area (Å²) in [4.78, 5) is 15.6. The van der Waals surface area contributed by atoms with Crippen molar-refractivity contribution in [3.8, 4) is 0 Å². The maximum atomic E-state index is 12.3. The fraction of sp³-hybridized carbons (Fsp3) is 0.750. The number of aryl methyl sites for hydroxylation is 1. The summed E-state index contributed by atoms with van der Waals surface area (Å²) < 4.78 is 31.8. The van der Waals surface area contributed by atoms with E-state index in [2.05, 4.69) is 24.6 Å². The number of rotatable bonds is 7. The van der Waals surface area contributed by atoms with E-state index >= 15 is 0 Å². The zero-order valence-corrected chi connectivity index (χ0v) is 12.7. The Morgan fingerprint density at radius 2 is 2.33 bits per heavy atom. The molecular formula is C12H20N4O4S. The van der Waals surface area contributed by atoms with Crippen LogP contribution in [0, 0.1) is 5.92 Å². The second kappa shape index (κ2) is 6.99. The van der Waals surface area contributed by atoms with Crippen molar-refractivity contribution >= 4 is 16.0 Å². The highest BCUT2D eigenvalue weighted by molar-refractivity contribution is 7.90. The van der Waals surface area contributed by atoms with Gasteiger partial charge in [-0.3, -0.25) is 9.89 Å². The molecule has 9 heteroatoms. The Morgan fingerprint density at radius 1 is 1.52 bits per heavy atom. The molecule has 0 aliphatic heterocycles. The number of hydrogen-bond donors (Lipinski definition) is 2. The molecule has 1 fully saturated rings. The minimum Gasteiger partial charge on any atom is -0.469 e. The number of aromatic amines is 1. The smallest absolute Gasteiger partial charge is 0.310 e. The molecule has 0 saturated heterocycles. The molecule has 21 heavy (non-hydrogen) atoms. The van der Waals surface area contributed by atoms with E-state index < -0.39 is 27.2 Å². The van der Waals surface area contributed by atoms with Gasteiger partial charge in [0.15, 0.2) is 0 Å². The van der Waals surface area contributed by atoms with Gasteiger partial charge in [-0.25, -0.2) is 18.1 Å². The molecule has 0 bridgehead atoms. The molecule has 8 nitrogen and oxygen atoms in total. The van der Waals surface area contributed by atoms with Gasteiger partial charge in [0.1, 0.15) is 12.2 Å². The van der Waals surface area contributed by atoms with Crippen molar-refractivity contribution in [2.75, 3.05) is 13.7 Å². The Bertz CT molecular complexity index is 558. The summed E-state index contributed by atoms with van der Waals surface area (Å²) in [5.74, 6) is -0.270. The van der Waals surface area contributed by atoms with Crippen molar-refractivity contribution in [1.29, 1.82) is 0 Å². The molecule has 1 saturated carbocycles. The lowest BCUT2D eigenvalue weighted by atomic mass is 10.1. The van der Waals surface area contributed by atoms with Gasteiger partial charge in [0, 0.05) is 13.0 Å². The van der Waals surface area contributed by atoms with Crippen LogP contribution in [0.1, 0.15) is 31.5 Å². The monoisotopic (exact) mass is 316 g/mol. The predicted molar refractivity (Wildman–Crippen MR) is 74.8 cm³/mol. The van der Waals surface area contributed by atoms with Gasteiger partial charge < -0.3 is 4.74 Å². The Morgan fingerprint density at radius 3 is 3.00 bits per heavy atom. The van der Waals surface area contributed by atoms with E-state index in [1.54, 1.807) is 0 Å². The third kappa shape index (κ3) is 4.01. The van der Waals surface area contributed by atoms with Crippen LogP contribution < -0.4 is 4.72 Å². The summed E-state index contributed by atoms with van der Waals surface area (Å²) in [6, 6.07) is 0. The van der Waals surface area contributed by atoms with E-state index in [1.807, 2.05) is 0 Å². The predicted octanol–water partition coefficient (Wildman–Crippen LogP) is -0.00160. The Kier molecular flexibility index (Phi) is 5.29. The highest BCUT2D eigenvalue weighted by Gasteiger charge is 2.41. The quantitative estimate of drug-likeness (QED) is 0.540. The summed E-state index contributed by atoms with van der Waals surface area (Å²) in [5.41, 5.74) is 0. The third-order valence-corrected chi connectivity index (χ3v) is 5.68. The number of ether oxygens (including phenoxy) is 1. The van der Waals surface area contributed by atoms with Crippen LogP contribution in [-0.4, -0.2) is 48.5 Å². The molecule has 1 heterocycles. The Hall–Kier alpha value is -1.48. The van der Waals surface area contributed by atoms with Crippen LogP contribution >= 0.6 is 0 Å². The van der Waals surface area contributed by atoms with Crippen LogP contribution in [0.2, 0.25) is 0 Å². The number of aromatic nitrogens is 3. The largest absolute Gasteiger partial charge is 0.469 e. The lowest BCUT2D eigenvalue weighted by Gasteiger charge is -2.18. The van der Waals surface area contributed by atoms with Gasteiger partial charge in [0.25, 0.3) is 0 Å². The summed E-state index contributed by atoms with van der Waals surface area (Å²) in [5, 5.41) is 5.76. The van der Waals surface area contributed by atoms with Gasteiger partial charge >= 0.3 is 5.97 Å². The van der Waals surface area contributed by atoms with E-state index in [-0.39, 0.29) is 0 Å². The highest BCUT2D eigenvalue weighted by atomic mass is 32.2. The number of H-pyrrole nitrogens is 1. The first kappa shape index (κ1) is 15.9. The van der Waals surface area contributed by atoms with Crippen molar-refractivity contribution in [3.63, 3.8) is 0 Å². The number of sulfonamides is 1. The minimum atomic E-state index is -3.50. The van der Waals surface area contributed by atoms with Crippen LogP contribution in [0.5, 0.6) is 0 Å². The lowest BCUT2D eigenvalue weighted by molar-refractivity contribution is -0.145. The van der Waals surface area contributed by atoms with Gasteiger partial charge in [-0.15, -0.1) is 0 Å². The van der Waals surface area contributed by atoms with E-state index in [4.69, 9.17) is 0 Å². The number of esters is 1. The molecule has 1 aliphatic rings. The topological polar surface area (TPSA) is 114 Å². The van der Waals surface area contributed by atoms with Crippen molar-refractivity contribution in [1.82, 2.24) is 19.9 Å². The molecule has 1 aromatic rings. The van der Waals surface area contributed by atoms with E-state index in [1.165, 1.54) is 13.4 Å². The third-order valence-electron chi connectivity index (χ3n) is 3.71. The standard InChI is InChI=1S/C12H20N4O4S/c1-20-12(17)9-4-2-5-10(9)21(18,19)15-7-3-6-11-13-8-14-16-11/h8-10,15H,2-7H2,1H3,(H,13,14,16). The van der Waals surface area contributed by atoms with E-state index in [0.29, 0.717) is 32.2 Å². The molecule has 0 aromatic carbocycles. The number of nitrogens with zero attached hydrogens (tertiary/aromatic N) is 2. The van der Waals surface area contributed by atoms with Crippen LogP contribution in [-0.2, 0) is 26.0 Å². The average Bonchev–Trinajstić information content (AvgIpc) is 3.13. The molecule has 0 radical (unpaired) electrons. The second-order valence-electron chi connectivity index (χ2n) is 5.07. The molecule has 1 aromatic heterocycles. The van der Waals surface area contributed by atoms with Crippen molar-refractivity contribution in [2.45, 2.75) is 37.4 Å². The average molecular weight is 316 g/mol. The zero-order chi connectivity index (χ0) is 15.3. The number of carbonyl (C=O) groups excluding carboxylic acids is 1. The summed E-state index contributed by atoms with van der Waals surface area (Å²) in [7, 11) is -2.22. The van der Waals surface area contributed by atoms with Gasteiger partial charge in [0.2, 0.25) is 10.0 Å². The van der Waals surface area contributed by atoms with Gasteiger partial charge in [-0.05, 0) is 19.3 Å². The van der Waals surface area contributed by atoms with E-state index in [0.717, 1.165) is 12.2 Å². The van der Waals surface area contributed by atoms with Crippen molar-refractivity contribution in [3.05, 3.63) is 12.2 Å². The maximum Gasteiger partial charge on any atom is 0.310 e. The number of methoxy groups -OCH3 is 1. The number of nitrogens with one attached hydrogen (secondary N) is 2. The molecule has 1 aliphatic carbocycles. The van der Waals surface area contributed by atoms with Crippen molar-refractivity contribution < 1.29 is 17.9 Å². The van der Waals surface area contributed by atoms with Crippen LogP contribution in [0.4, 0.5) is 0 Å². The molecular weight excluding hydrogens is 296 g/mol. The summed E-state index contributed by atoms with van der Waals surface area (Å²) >= 11 is 0. The number of carbonyl (C=O) groups is 1. The van der Waals surface area contributed by atoms with Gasteiger partial charge in [-0.1, -0.05) is 6.42 Å². The van der Waals surface area contributed by atoms with Crippen LogP contribution in [0.15, 0.2) is 6.33 Å². The molecule has 0 spiro atoms. The normalized spacial score (nSPS) is 22.3. The minimum absolute atomic E-state index is 0.313. The first-order valence-corrected chi connectivity index (χ1v) is 8.50. The molecule has 118 valence electrons. The maximum absolute atomic E-state index is 12.3. The lowest BCUT2D eigenvalue weighted by Crippen LogP contribution is -2.39. The molecule has 2 rings (SSSR count). The molecule has 0 amide bonds. The zero-order valence-electron chi connectivity index (χ0n) is 11.9. The second-order valence-corrected chi connectivity index (χ2v) is 7.06. The summed E-state index contributed by atoms with van der Waals surface area (Å²) in [6.45, 7) is 0.313. The van der Waals surface area contributed by atoms with Crippen LogP contribution in [0.25, 0.3) is 0 Å². The van der Waals surface area contributed by atoms with Crippen molar-refractivity contribution in [2.24, 2.45) is 5.92 Å².